The molecule has 6 rings (SSSR count). The van der Waals surface area contributed by atoms with Gasteiger partial charge in [-0.15, -0.1) is 0 Å². The van der Waals surface area contributed by atoms with Crippen molar-refractivity contribution in [2.24, 2.45) is 58.2 Å². The Morgan fingerprint density at radius 1 is 0.974 bits per heavy atom. The number of fused-ring (bicyclic) bond motifs is 5. The first kappa shape index (κ1) is 26.8. The van der Waals surface area contributed by atoms with E-state index in [1.807, 2.05) is 18.2 Å². The highest BCUT2D eigenvalue weighted by Gasteiger charge is 2.65. The van der Waals surface area contributed by atoms with Gasteiger partial charge in [-0.2, -0.15) is 0 Å². The molecular formula is C34H50O4. The van der Waals surface area contributed by atoms with Crippen molar-refractivity contribution in [3.05, 3.63) is 35.4 Å². The van der Waals surface area contributed by atoms with Crippen LogP contribution >= 0.6 is 0 Å². The normalized spacial score (nSPS) is 48.5. The number of hydrogen-bond donors (Lipinski definition) is 3. The average molecular weight is 523 g/mol. The molecule has 5 aliphatic carbocycles. The lowest BCUT2D eigenvalue weighted by atomic mass is 9.41. The maximum absolute atomic E-state index is 11.9. The predicted molar refractivity (Wildman–Crippen MR) is 150 cm³/mol. The number of carbonyl (C=O) groups is 1. The van der Waals surface area contributed by atoms with E-state index < -0.39 is 5.97 Å². The van der Waals surface area contributed by atoms with E-state index in [-0.39, 0.29) is 17.6 Å². The minimum Gasteiger partial charge on any atom is -0.478 e. The molecule has 210 valence electrons. The van der Waals surface area contributed by atoms with Crippen LogP contribution in [0.3, 0.4) is 0 Å². The smallest absolute Gasteiger partial charge is 0.335 e. The molecular weight excluding hydrogens is 472 g/mol. The van der Waals surface area contributed by atoms with E-state index in [1.165, 1.54) is 32.1 Å². The molecule has 1 aromatic carbocycles. The Balaban J connectivity index is 1.19. The topological polar surface area (TPSA) is 77.8 Å². The molecule has 0 bridgehead atoms. The zero-order chi connectivity index (χ0) is 27.0. The molecule has 5 saturated carbocycles. The van der Waals surface area contributed by atoms with Crippen LogP contribution in [0.25, 0.3) is 0 Å². The molecule has 3 N–H and O–H groups in total. The lowest BCUT2D eigenvalue weighted by Crippen LogP contribution is -2.62. The third-order valence-corrected chi connectivity index (χ3v) is 13.3. The molecule has 38 heavy (non-hydrogen) atoms. The van der Waals surface area contributed by atoms with Gasteiger partial charge in [-0.3, -0.25) is 0 Å². The van der Waals surface area contributed by atoms with Gasteiger partial charge in [0.05, 0.1) is 17.8 Å². The number of benzene rings is 1. The molecule has 4 heteroatoms. The third-order valence-electron chi connectivity index (χ3n) is 13.3. The number of rotatable bonds is 6. The first-order valence-corrected chi connectivity index (χ1v) is 15.8. The summed E-state index contributed by atoms with van der Waals surface area (Å²) in [4.78, 5) is 11.8. The minimum absolute atomic E-state index is 0.190. The largest absolute Gasteiger partial charge is 0.478 e. The molecule has 0 saturated heterocycles. The zero-order valence-corrected chi connectivity index (χ0v) is 24.0. The zero-order valence-electron chi connectivity index (χ0n) is 24.0. The Kier molecular flexibility index (Phi) is 6.78. The average Bonchev–Trinajstić information content (AvgIpc) is 3.55. The summed E-state index contributed by atoms with van der Waals surface area (Å²) in [5.74, 6) is 3.88. The quantitative estimate of drug-likeness (QED) is 0.371. The fourth-order valence-electron chi connectivity index (χ4n) is 11.5. The molecule has 0 aliphatic heterocycles. The summed E-state index contributed by atoms with van der Waals surface area (Å²) in [6, 6.07) is 7.61. The Morgan fingerprint density at radius 3 is 2.42 bits per heavy atom. The van der Waals surface area contributed by atoms with Gasteiger partial charge in [0, 0.05) is 0 Å². The van der Waals surface area contributed by atoms with E-state index in [0.717, 1.165) is 37.7 Å². The van der Waals surface area contributed by atoms with Crippen molar-refractivity contribution in [1.29, 1.82) is 0 Å². The van der Waals surface area contributed by atoms with Gasteiger partial charge in [0.2, 0.25) is 0 Å². The van der Waals surface area contributed by atoms with Gasteiger partial charge in [0.1, 0.15) is 0 Å². The van der Waals surface area contributed by atoms with Crippen LogP contribution in [0, 0.1) is 58.2 Å². The van der Waals surface area contributed by atoms with Crippen LogP contribution in [0.2, 0.25) is 0 Å². The number of aliphatic hydroxyl groups excluding tert-OH is 2. The van der Waals surface area contributed by atoms with Gasteiger partial charge in [-0.25, -0.2) is 4.79 Å². The fourth-order valence-corrected chi connectivity index (χ4v) is 11.5. The summed E-state index contributed by atoms with van der Waals surface area (Å²) >= 11 is 0. The summed E-state index contributed by atoms with van der Waals surface area (Å²) in [5.41, 5.74) is 2.07. The molecule has 4 nitrogen and oxygen atoms in total. The van der Waals surface area contributed by atoms with Gasteiger partial charge >= 0.3 is 5.97 Å². The van der Waals surface area contributed by atoms with Gasteiger partial charge in [0.15, 0.2) is 0 Å². The van der Waals surface area contributed by atoms with Crippen LogP contribution in [-0.2, 0) is 0 Å². The number of carboxylic acid groups (broad SMARTS) is 1. The Hall–Kier alpha value is -1.39. The number of aromatic carboxylic acids is 1. The van der Waals surface area contributed by atoms with Crippen LogP contribution in [-0.4, -0.2) is 33.5 Å². The van der Waals surface area contributed by atoms with E-state index in [0.29, 0.717) is 64.2 Å². The van der Waals surface area contributed by atoms with Crippen LogP contribution in [0.4, 0.5) is 0 Å². The second-order valence-corrected chi connectivity index (χ2v) is 14.8. The van der Waals surface area contributed by atoms with Crippen molar-refractivity contribution in [2.45, 2.75) is 110 Å². The van der Waals surface area contributed by atoms with E-state index in [1.54, 1.807) is 6.07 Å². The molecule has 0 aromatic heterocycles. The molecule has 0 amide bonds. The molecule has 0 heterocycles. The molecule has 0 spiro atoms. The number of aliphatic hydroxyl groups is 2. The molecule has 13 atom stereocenters. The SMILES string of the molecule is CC[C@H]1[C@@H](O)[C@H]2C3CC[C@H]([C@H](C)CC4CC4c4ccccc4C(=O)O)[C@@]3(C)CC[C@@H]2[C@@]2(C)CC[C@@H](O)C[C@@H]12. The van der Waals surface area contributed by atoms with Gasteiger partial charge in [-0.05, 0) is 134 Å². The van der Waals surface area contributed by atoms with Crippen molar-refractivity contribution in [1.82, 2.24) is 0 Å². The third kappa shape index (κ3) is 4.02. The van der Waals surface area contributed by atoms with E-state index >= 15 is 0 Å². The summed E-state index contributed by atoms with van der Waals surface area (Å²) in [6.07, 6.45) is 10.9. The maximum atomic E-state index is 11.9. The summed E-state index contributed by atoms with van der Waals surface area (Å²) < 4.78 is 0. The van der Waals surface area contributed by atoms with Crippen molar-refractivity contribution in [2.75, 3.05) is 0 Å². The summed E-state index contributed by atoms with van der Waals surface area (Å²) in [6.45, 7) is 9.81. The summed E-state index contributed by atoms with van der Waals surface area (Å²) in [7, 11) is 0. The first-order valence-electron chi connectivity index (χ1n) is 15.8. The maximum Gasteiger partial charge on any atom is 0.335 e. The van der Waals surface area contributed by atoms with E-state index in [9.17, 15) is 20.1 Å². The van der Waals surface area contributed by atoms with E-state index in [2.05, 4.69) is 27.7 Å². The number of hydrogen-bond acceptors (Lipinski definition) is 3. The lowest BCUT2D eigenvalue weighted by Gasteiger charge is -2.64. The van der Waals surface area contributed by atoms with Crippen LogP contribution in [0.15, 0.2) is 24.3 Å². The first-order chi connectivity index (χ1) is 18.1. The monoisotopic (exact) mass is 522 g/mol. The molecule has 0 radical (unpaired) electrons. The van der Waals surface area contributed by atoms with Gasteiger partial charge < -0.3 is 15.3 Å². The van der Waals surface area contributed by atoms with Crippen molar-refractivity contribution >= 4 is 5.97 Å². The fraction of sp³-hybridized carbons (Fsp3) is 0.794. The number of carboxylic acids is 1. The second kappa shape index (κ2) is 9.61. The lowest BCUT2D eigenvalue weighted by molar-refractivity contribution is -0.203. The van der Waals surface area contributed by atoms with Crippen molar-refractivity contribution in [3.8, 4) is 0 Å². The highest BCUT2D eigenvalue weighted by atomic mass is 16.4. The van der Waals surface area contributed by atoms with Crippen LogP contribution in [0.1, 0.15) is 114 Å². The molecule has 3 unspecified atom stereocenters. The van der Waals surface area contributed by atoms with Crippen LogP contribution in [0.5, 0.6) is 0 Å². The Morgan fingerprint density at radius 2 is 1.68 bits per heavy atom. The molecule has 5 aliphatic rings. The Bertz CT molecular complexity index is 1050. The second-order valence-electron chi connectivity index (χ2n) is 14.8. The molecule has 1 aromatic rings. The predicted octanol–water partition coefficient (Wildman–Crippen LogP) is 7.14. The Labute approximate surface area is 229 Å². The van der Waals surface area contributed by atoms with Gasteiger partial charge in [0.25, 0.3) is 0 Å². The van der Waals surface area contributed by atoms with Crippen molar-refractivity contribution in [3.63, 3.8) is 0 Å². The van der Waals surface area contributed by atoms with E-state index in [4.69, 9.17) is 0 Å². The van der Waals surface area contributed by atoms with Crippen LogP contribution < -0.4 is 0 Å². The molecule has 5 fully saturated rings. The highest BCUT2D eigenvalue weighted by Crippen LogP contribution is 2.70. The van der Waals surface area contributed by atoms with Crippen molar-refractivity contribution < 1.29 is 20.1 Å². The highest BCUT2D eigenvalue weighted by molar-refractivity contribution is 5.89. The minimum atomic E-state index is -0.804. The standard InChI is InChI=1S/C34H50O4/c1-5-22-29-18-21(35)12-14-34(29,4)28-13-15-33(3)26(10-11-27(33)30(28)31(22)36)19(2)16-20-17-25(20)23-8-6-7-9-24(23)32(37)38/h6-9,19-22,25-31,35-36H,5,10-18H2,1-4H3,(H,37,38)/t19-,20?,21-,22-,25?,26-,27?,28+,29+,30+,31-,33-,34-/m1/s1. The summed E-state index contributed by atoms with van der Waals surface area (Å²) in [5, 5.41) is 32.2. The van der Waals surface area contributed by atoms with Gasteiger partial charge in [-0.1, -0.05) is 52.3 Å².